The lowest BCUT2D eigenvalue weighted by Crippen LogP contribution is -2.27. The zero-order chi connectivity index (χ0) is 18.4. The van der Waals surface area contributed by atoms with E-state index in [1.807, 2.05) is 0 Å². The van der Waals surface area contributed by atoms with E-state index in [0.29, 0.717) is 11.2 Å². The molecule has 0 saturated heterocycles. The molecule has 1 heterocycles. The number of carbonyl (C=O) groups excluding carboxylic acids is 1. The summed E-state index contributed by atoms with van der Waals surface area (Å²) in [5.41, 5.74) is -1.47. The standard InChI is InChI=1S/C17H19ClF3N3O/c1-2-3-4-5-9-22-16(25)14-11-23-24(15(14)17(19,20)21)13-8-6-7-12(18)10-13/h6-8,10-11H,2-5,9H2,1H3,(H,22,25). The Balaban J connectivity index is 2.26. The number of halogens is 4. The highest BCUT2D eigenvalue weighted by Gasteiger charge is 2.40. The Kier molecular flexibility index (Phi) is 6.47. The third-order valence-electron chi connectivity index (χ3n) is 3.65. The molecule has 1 N–H and O–H groups in total. The lowest BCUT2D eigenvalue weighted by atomic mass is 10.2. The summed E-state index contributed by atoms with van der Waals surface area (Å²) >= 11 is 5.84. The maximum atomic E-state index is 13.5. The number of alkyl halides is 3. The molecule has 0 unspecified atom stereocenters. The largest absolute Gasteiger partial charge is 0.434 e. The van der Waals surface area contributed by atoms with Crippen molar-refractivity contribution in [2.75, 3.05) is 6.54 Å². The van der Waals surface area contributed by atoms with E-state index in [1.54, 1.807) is 6.07 Å². The summed E-state index contributed by atoms with van der Waals surface area (Å²) in [4.78, 5) is 12.2. The van der Waals surface area contributed by atoms with Crippen LogP contribution in [0.3, 0.4) is 0 Å². The van der Waals surface area contributed by atoms with Gasteiger partial charge in [0.1, 0.15) is 0 Å². The van der Waals surface area contributed by atoms with Gasteiger partial charge in [0.05, 0.1) is 17.4 Å². The molecule has 136 valence electrons. The number of aromatic nitrogens is 2. The number of unbranched alkanes of at least 4 members (excludes halogenated alkanes) is 3. The highest BCUT2D eigenvalue weighted by atomic mass is 35.5. The maximum absolute atomic E-state index is 13.5. The molecule has 0 atom stereocenters. The molecular weight excluding hydrogens is 355 g/mol. The second-order valence-corrected chi connectivity index (χ2v) is 6.05. The predicted molar refractivity (Wildman–Crippen MR) is 90.1 cm³/mol. The molecule has 0 radical (unpaired) electrons. The fourth-order valence-electron chi connectivity index (χ4n) is 2.44. The molecule has 0 spiro atoms. The van der Waals surface area contributed by atoms with Gasteiger partial charge in [-0.2, -0.15) is 18.3 Å². The number of benzene rings is 1. The quantitative estimate of drug-likeness (QED) is 0.705. The predicted octanol–water partition coefficient (Wildman–Crippen LogP) is 4.85. The van der Waals surface area contributed by atoms with Crippen LogP contribution in [-0.4, -0.2) is 22.2 Å². The van der Waals surface area contributed by atoms with Crippen molar-refractivity contribution >= 4 is 17.5 Å². The zero-order valence-corrected chi connectivity index (χ0v) is 14.5. The molecule has 25 heavy (non-hydrogen) atoms. The Hall–Kier alpha value is -2.02. The van der Waals surface area contributed by atoms with Crippen LogP contribution in [0.5, 0.6) is 0 Å². The topological polar surface area (TPSA) is 46.9 Å². The van der Waals surface area contributed by atoms with Gasteiger partial charge in [-0.25, -0.2) is 4.68 Å². The molecule has 2 aromatic rings. The number of carbonyl (C=O) groups is 1. The van der Waals surface area contributed by atoms with E-state index in [-0.39, 0.29) is 10.7 Å². The highest BCUT2D eigenvalue weighted by Crippen LogP contribution is 2.34. The summed E-state index contributed by atoms with van der Waals surface area (Å²) in [5.74, 6) is -0.780. The van der Waals surface area contributed by atoms with Crippen LogP contribution in [0.2, 0.25) is 5.02 Å². The van der Waals surface area contributed by atoms with Gasteiger partial charge in [0.15, 0.2) is 5.69 Å². The average molecular weight is 374 g/mol. The first-order valence-corrected chi connectivity index (χ1v) is 8.41. The van der Waals surface area contributed by atoms with Crippen LogP contribution >= 0.6 is 11.6 Å². The summed E-state index contributed by atoms with van der Waals surface area (Å²) in [6, 6.07) is 5.87. The van der Waals surface area contributed by atoms with Crippen LogP contribution < -0.4 is 5.32 Å². The van der Waals surface area contributed by atoms with Crippen LogP contribution in [0.1, 0.15) is 48.7 Å². The molecule has 0 aliphatic heterocycles. The summed E-state index contributed by atoms with van der Waals surface area (Å²) in [6.07, 6.45) is -0.0816. The van der Waals surface area contributed by atoms with Crippen molar-refractivity contribution in [3.05, 3.63) is 46.7 Å². The third kappa shape index (κ3) is 4.98. The molecule has 1 aromatic carbocycles. The van der Waals surface area contributed by atoms with Crippen molar-refractivity contribution in [1.82, 2.24) is 15.1 Å². The summed E-state index contributed by atoms with van der Waals surface area (Å²) in [6.45, 7) is 2.39. The van der Waals surface area contributed by atoms with Gasteiger partial charge >= 0.3 is 6.18 Å². The van der Waals surface area contributed by atoms with Crippen molar-refractivity contribution in [3.8, 4) is 5.69 Å². The van der Waals surface area contributed by atoms with Gasteiger partial charge in [0.2, 0.25) is 0 Å². The fraction of sp³-hybridized carbons (Fsp3) is 0.412. The van der Waals surface area contributed by atoms with Crippen molar-refractivity contribution in [2.45, 2.75) is 38.8 Å². The van der Waals surface area contributed by atoms with Crippen LogP contribution in [0, 0.1) is 0 Å². The van der Waals surface area contributed by atoms with E-state index in [0.717, 1.165) is 31.9 Å². The van der Waals surface area contributed by atoms with E-state index in [4.69, 9.17) is 11.6 Å². The van der Waals surface area contributed by atoms with E-state index < -0.39 is 23.3 Å². The van der Waals surface area contributed by atoms with Crippen LogP contribution in [-0.2, 0) is 6.18 Å². The normalized spacial score (nSPS) is 11.6. The van der Waals surface area contributed by atoms with Crippen LogP contribution in [0.25, 0.3) is 5.69 Å². The minimum absolute atomic E-state index is 0.141. The number of hydrogen-bond donors (Lipinski definition) is 1. The zero-order valence-electron chi connectivity index (χ0n) is 13.7. The number of nitrogens with one attached hydrogen (secondary N) is 1. The Morgan fingerprint density at radius 3 is 2.68 bits per heavy atom. The Labute approximate surface area is 149 Å². The molecule has 0 aliphatic rings. The molecule has 2 rings (SSSR count). The van der Waals surface area contributed by atoms with Gasteiger partial charge in [0.25, 0.3) is 5.91 Å². The molecule has 0 saturated carbocycles. The lowest BCUT2D eigenvalue weighted by Gasteiger charge is -2.13. The smallest absolute Gasteiger partial charge is 0.352 e. The SMILES string of the molecule is CCCCCCNC(=O)c1cnn(-c2cccc(Cl)c2)c1C(F)(F)F. The minimum atomic E-state index is -4.73. The monoisotopic (exact) mass is 373 g/mol. The first-order chi connectivity index (χ1) is 11.8. The Morgan fingerprint density at radius 1 is 1.28 bits per heavy atom. The molecule has 8 heteroatoms. The van der Waals surface area contributed by atoms with E-state index in [9.17, 15) is 18.0 Å². The third-order valence-corrected chi connectivity index (χ3v) is 3.89. The van der Waals surface area contributed by atoms with Crippen molar-refractivity contribution < 1.29 is 18.0 Å². The molecule has 1 amide bonds. The van der Waals surface area contributed by atoms with E-state index in [1.165, 1.54) is 18.2 Å². The number of amides is 1. The van der Waals surface area contributed by atoms with Crippen molar-refractivity contribution in [1.29, 1.82) is 0 Å². The minimum Gasteiger partial charge on any atom is -0.352 e. The number of nitrogens with zero attached hydrogens (tertiary/aromatic N) is 2. The summed E-state index contributed by atoms with van der Waals surface area (Å²) in [7, 11) is 0. The molecule has 4 nitrogen and oxygen atoms in total. The fourth-order valence-corrected chi connectivity index (χ4v) is 2.62. The molecular formula is C17H19ClF3N3O. The van der Waals surface area contributed by atoms with E-state index in [2.05, 4.69) is 17.3 Å². The second kappa shape index (κ2) is 8.38. The van der Waals surface area contributed by atoms with Crippen LogP contribution in [0.15, 0.2) is 30.5 Å². The molecule has 0 fully saturated rings. The number of hydrogen-bond acceptors (Lipinski definition) is 2. The van der Waals surface area contributed by atoms with Gasteiger partial charge in [-0.3, -0.25) is 4.79 Å². The maximum Gasteiger partial charge on any atom is 0.434 e. The summed E-state index contributed by atoms with van der Waals surface area (Å²) in [5, 5.41) is 6.56. The van der Waals surface area contributed by atoms with Crippen molar-refractivity contribution in [3.63, 3.8) is 0 Å². The van der Waals surface area contributed by atoms with Gasteiger partial charge in [-0.1, -0.05) is 43.9 Å². The number of rotatable bonds is 7. The second-order valence-electron chi connectivity index (χ2n) is 5.61. The van der Waals surface area contributed by atoms with Gasteiger partial charge in [-0.15, -0.1) is 0 Å². The Bertz CT molecular complexity index is 728. The molecule has 0 bridgehead atoms. The molecule has 0 aliphatic carbocycles. The van der Waals surface area contributed by atoms with Gasteiger partial charge in [0, 0.05) is 11.6 Å². The van der Waals surface area contributed by atoms with E-state index >= 15 is 0 Å². The van der Waals surface area contributed by atoms with Crippen LogP contribution in [0.4, 0.5) is 13.2 Å². The first-order valence-electron chi connectivity index (χ1n) is 8.04. The van der Waals surface area contributed by atoms with Gasteiger partial charge < -0.3 is 5.32 Å². The first kappa shape index (κ1) is 19.3. The average Bonchev–Trinajstić information content (AvgIpc) is 3.00. The summed E-state index contributed by atoms with van der Waals surface area (Å²) < 4.78 is 41.2. The molecule has 1 aromatic heterocycles. The Morgan fingerprint density at radius 2 is 2.04 bits per heavy atom. The lowest BCUT2D eigenvalue weighted by molar-refractivity contribution is -0.143. The highest BCUT2D eigenvalue weighted by molar-refractivity contribution is 6.30. The van der Waals surface area contributed by atoms with Crippen molar-refractivity contribution in [2.24, 2.45) is 0 Å². The van der Waals surface area contributed by atoms with Gasteiger partial charge in [-0.05, 0) is 24.6 Å².